The molecule has 0 aliphatic heterocycles. The van der Waals surface area contributed by atoms with Gasteiger partial charge in [0.15, 0.2) is 0 Å². The predicted molar refractivity (Wildman–Crippen MR) is 88.9 cm³/mol. The smallest absolute Gasteiger partial charge is 0.273 e. The van der Waals surface area contributed by atoms with Crippen molar-refractivity contribution in [3.63, 3.8) is 0 Å². The fourth-order valence-electron chi connectivity index (χ4n) is 2.86. The number of hydrogen-bond acceptors (Lipinski definition) is 4. The van der Waals surface area contributed by atoms with Crippen molar-refractivity contribution in [3.05, 3.63) is 63.1 Å². The van der Waals surface area contributed by atoms with Crippen molar-refractivity contribution in [2.75, 3.05) is 7.05 Å². The van der Waals surface area contributed by atoms with Crippen LogP contribution in [0.5, 0.6) is 0 Å². The zero-order valence-corrected chi connectivity index (χ0v) is 14.0. The van der Waals surface area contributed by atoms with E-state index in [9.17, 15) is 14.9 Å². The fourth-order valence-corrected chi connectivity index (χ4v) is 2.86. The second-order valence-electron chi connectivity index (χ2n) is 6.54. The molecule has 1 aliphatic carbocycles. The number of rotatable bonds is 5. The largest absolute Gasteiger partial charge is 0.464 e. The van der Waals surface area contributed by atoms with Crippen LogP contribution in [0.2, 0.25) is 0 Å². The van der Waals surface area contributed by atoms with Crippen LogP contribution < -0.4 is 0 Å². The van der Waals surface area contributed by atoms with E-state index in [-0.39, 0.29) is 11.6 Å². The van der Waals surface area contributed by atoms with E-state index < -0.39 is 4.92 Å². The zero-order valence-electron chi connectivity index (χ0n) is 14.0. The topological polar surface area (TPSA) is 76.6 Å². The molecule has 1 amide bonds. The summed E-state index contributed by atoms with van der Waals surface area (Å²) in [6, 6.07) is 8.40. The van der Waals surface area contributed by atoms with Gasteiger partial charge in [0.05, 0.1) is 11.5 Å². The van der Waals surface area contributed by atoms with E-state index in [0.29, 0.717) is 29.5 Å². The molecule has 0 bridgehead atoms. The molecule has 2 unspecified atom stereocenters. The van der Waals surface area contributed by atoms with E-state index in [2.05, 4.69) is 6.92 Å². The van der Waals surface area contributed by atoms with Crippen molar-refractivity contribution < 1.29 is 14.1 Å². The third kappa shape index (κ3) is 3.18. The maximum absolute atomic E-state index is 12.5. The molecular formula is C18H20N2O4. The van der Waals surface area contributed by atoms with Gasteiger partial charge in [-0.05, 0) is 37.5 Å². The SMILES string of the molecule is Cc1ccc(C(=O)N(C)Cc2ccc(C3CC3C)o2)cc1[N+](=O)[O-]. The predicted octanol–water partition coefficient (Wildman–Crippen LogP) is 3.89. The van der Waals surface area contributed by atoms with Gasteiger partial charge in [-0.1, -0.05) is 13.0 Å². The maximum Gasteiger partial charge on any atom is 0.273 e. The van der Waals surface area contributed by atoms with Crippen LogP contribution >= 0.6 is 0 Å². The average Bonchev–Trinajstić information content (AvgIpc) is 3.09. The first-order chi connectivity index (χ1) is 11.4. The summed E-state index contributed by atoms with van der Waals surface area (Å²) >= 11 is 0. The van der Waals surface area contributed by atoms with Gasteiger partial charge in [-0.15, -0.1) is 0 Å². The maximum atomic E-state index is 12.5. The van der Waals surface area contributed by atoms with Crippen LogP contribution in [0.25, 0.3) is 0 Å². The van der Waals surface area contributed by atoms with Gasteiger partial charge < -0.3 is 9.32 Å². The molecule has 1 aromatic heterocycles. The number of nitrogens with zero attached hydrogens (tertiary/aromatic N) is 2. The molecule has 2 atom stereocenters. The number of hydrogen-bond donors (Lipinski definition) is 0. The van der Waals surface area contributed by atoms with E-state index in [1.807, 2.05) is 12.1 Å². The minimum Gasteiger partial charge on any atom is -0.464 e. The number of carbonyl (C=O) groups is 1. The van der Waals surface area contributed by atoms with Crippen molar-refractivity contribution in [1.29, 1.82) is 0 Å². The molecule has 6 heteroatoms. The van der Waals surface area contributed by atoms with Crippen LogP contribution in [-0.2, 0) is 6.54 Å². The van der Waals surface area contributed by atoms with E-state index in [4.69, 9.17) is 4.42 Å². The van der Waals surface area contributed by atoms with Crippen molar-refractivity contribution in [1.82, 2.24) is 4.90 Å². The highest BCUT2D eigenvalue weighted by Gasteiger charge is 2.36. The van der Waals surface area contributed by atoms with Gasteiger partial charge in [-0.3, -0.25) is 14.9 Å². The van der Waals surface area contributed by atoms with Crippen molar-refractivity contribution in [3.8, 4) is 0 Å². The Kier molecular flexibility index (Phi) is 4.13. The summed E-state index contributed by atoms with van der Waals surface area (Å²) in [4.78, 5) is 24.6. The molecule has 1 saturated carbocycles. The molecule has 0 N–H and O–H groups in total. The third-order valence-corrected chi connectivity index (χ3v) is 4.55. The Balaban J connectivity index is 1.71. The number of furan rings is 1. The molecule has 0 radical (unpaired) electrons. The van der Waals surface area contributed by atoms with Crippen LogP contribution in [-0.4, -0.2) is 22.8 Å². The summed E-state index contributed by atoms with van der Waals surface area (Å²) in [7, 11) is 1.66. The molecule has 1 fully saturated rings. The lowest BCUT2D eigenvalue weighted by Gasteiger charge is -2.16. The second-order valence-corrected chi connectivity index (χ2v) is 6.54. The lowest BCUT2D eigenvalue weighted by atomic mass is 10.1. The number of amides is 1. The van der Waals surface area contributed by atoms with Crippen LogP contribution in [0.4, 0.5) is 5.69 Å². The normalized spacial score (nSPS) is 19.1. The van der Waals surface area contributed by atoms with Crippen LogP contribution in [0.15, 0.2) is 34.7 Å². The Labute approximate surface area is 140 Å². The molecule has 2 aromatic rings. The van der Waals surface area contributed by atoms with Gasteiger partial charge in [0, 0.05) is 30.2 Å². The van der Waals surface area contributed by atoms with Gasteiger partial charge in [-0.25, -0.2) is 0 Å². The van der Waals surface area contributed by atoms with E-state index in [1.165, 1.54) is 11.0 Å². The van der Waals surface area contributed by atoms with E-state index >= 15 is 0 Å². The quantitative estimate of drug-likeness (QED) is 0.616. The van der Waals surface area contributed by atoms with E-state index in [1.54, 1.807) is 26.1 Å². The Morgan fingerprint density at radius 2 is 2.08 bits per heavy atom. The number of benzene rings is 1. The van der Waals surface area contributed by atoms with E-state index in [0.717, 1.165) is 17.9 Å². The summed E-state index contributed by atoms with van der Waals surface area (Å²) in [5, 5.41) is 11.0. The third-order valence-electron chi connectivity index (χ3n) is 4.55. The Morgan fingerprint density at radius 1 is 1.38 bits per heavy atom. The molecule has 3 rings (SSSR count). The second kappa shape index (κ2) is 6.11. The number of carbonyl (C=O) groups excluding carboxylic acids is 1. The molecule has 1 aromatic carbocycles. The minimum atomic E-state index is -0.471. The van der Waals surface area contributed by atoms with Gasteiger partial charge in [-0.2, -0.15) is 0 Å². The van der Waals surface area contributed by atoms with Gasteiger partial charge in [0.2, 0.25) is 0 Å². The minimum absolute atomic E-state index is 0.0442. The highest BCUT2D eigenvalue weighted by molar-refractivity contribution is 5.94. The highest BCUT2D eigenvalue weighted by atomic mass is 16.6. The molecular weight excluding hydrogens is 308 g/mol. The molecule has 1 heterocycles. The Bertz CT molecular complexity index is 796. The lowest BCUT2D eigenvalue weighted by molar-refractivity contribution is -0.385. The van der Waals surface area contributed by atoms with Crippen LogP contribution in [0.1, 0.15) is 46.7 Å². The summed E-state index contributed by atoms with van der Waals surface area (Å²) in [5.74, 6) is 2.60. The van der Waals surface area contributed by atoms with Gasteiger partial charge >= 0.3 is 0 Å². The number of nitro groups is 1. The average molecular weight is 328 g/mol. The highest BCUT2D eigenvalue weighted by Crippen LogP contribution is 2.47. The summed E-state index contributed by atoms with van der Waals surface area (Å²) < 4.78 is 5.81. The first-order valence-corrected chi connectivity index (χ1v) is 7.96. The summed E-state index contributed by atoms with van der Waals surface area (Å²) in [6.07, 6.45) is 1.15. The lowest BCUT2D eigenvalue weighted by Crippen LogP contribution is -2.26. The Morgan fingerprint density at radius 3 is 2.71 bits per heavy atom. The van der Waals surface area contributed by atoms with Crippen LogP contribution in [0.3, 0.4) is 0 Å². The Hall–Kier alpha value is -2.63. The first kappa shape index (κ1) is 16.2. The van der Waals surface area contributed by atoms with Crippen molar-refractivity contribution >= 4 is 11.6 Å². The van der Waals surface area contributed by atoms with Crippen molar-refractivity contribution in [2.24, 2.45) is 5.92 Å². The zero-order chi connectivity index (χ0) is 17.4. The van der Waals surface area contributed by atoms with Gasteiger partial charge in [0.25, 0.3) is 11.6 Å². The van der Waals surface area contributed by atoms with Gasteiger partial charge in [0.1, 0.15) is 11.5 Å². The van der Waals surface area contributed by atoms with Crippen LogP contribution in [0, 0.1) is 23.0 Å². The van der Waals surface area contributed by atoms with Crippen molar-refractivity contribution in [2.45, 2.75) is 32.7 Å². The molecule has 0 spiro atoms. The monoisotopic (exact) mass is 328 g/mol. The fraction of sp³-hybridized carbons (Fsp3) is 0.389. The molecule has 6 nitrogen and oxygen atoms in total. The summed E-state index contributed by atoms with van der Waals surface area (Å²) in [6.45, 7) is 4.17. The number of aryl methyl sites for hydroxylation is 1. The first-order valence-electron chi connectivity index (χ1n) is 7.96. The molecule has 126 valence electrons. The summed E-state index contributed by atoms with van der Waals surface area (Å²) in [5.41, 5.74) is 0.795. The number of nitro benzene ring substituents is 1. The molecule has 1 aliphatic rings. The standard InChI is InChI=1S/C18H20N2O4/c1-11-4-5-13(9-16(11)20(22)23)18(21)19(3)10-14-6-7-17(24-14)15-8-12(15)2/h4-7,9,12,15H,8,10H2,1-3H3. The molecule has 24 heavy (non-hydrogen) atoms. The molecule has 0 saturated heterocycles.